The van der Waals surface area contributed by atoms with E-state index < -0.39 is 0 Å². The molecule has 0 N–H and O–H groups in total. The zero-order valence-corrected chi connectivity index (χ0v) is 10.8. The lowest BCUT2D eigenvalue weighted by molar-refractivity contribution is 0.629. The highest BCUT2D eigenvalue weighted by Gasteiger charge is 2.14. The molecule has 0 spiro atoms. The molecule has 0 bridgehead atoms. The fourth-order valence-corrected chi connectivity index (χ4v) is 2.42. The van der Waals surface area contributed by atoms with Gasteiger partial charge in [-0.05, 0) is 31.4 Å². The summed E-state index contributed by atoms with van der Waals surface area (Å²) < 4.78 is 15.4. The summed E-state index contributed by atoms with van der Waals surface area (Å²) >= 11 is 1.44. The summed E-state index contributed by atoms with van der Waals surface area (Å²) in [6.45, 7) is 2.79. The van der Waals surface area contributed by atoms with Crippen molar-refractivity contribution in [2.24, 2.45) is 0 Å². The summed E-state index contributed by atoms with van der Waals surface area (Å²) in [5.41, 5.74) is 2.36. The van der Waals surface area contributed by atoms with Crippen LogP contribution in [-0.4, -0.2) is 26.0 Å². The number of nitrogens with zero attached hydrogens (tertiary/aromatic N) is 4. The number of thioether (sulfide) groups is 1. The lowest BCUT2D eigenvalue weighted by Gasteiger charge is -2.01. The Bertz CT molecular complexity index is 738. The van der Waals surface area contributed by atoms with Crippen molar-refractivity contribution in [3.63, 3.8) is 0 Å². The molecule has 2 heterocycles. The molecule has 92 valence electrons. The molecule has 1 aromatic carbocycles. The highest BCUT2D eigenvalue weighted by atomic mass is 32.2. The van der Waals surface area contributed by atoms with Gasteiger partial charge in [-0.3, -0.25) is 0 Å². The number of rotatable bonds is 2. The van der Waals surface area contributed by atoms with Crippen LogP contribution in [0, 0.1) is 5.82 Å². The van der Waals surface area contributed by atoms with E-state index in [-0.39, 0.29) is 5.82 Å². The predicted octanol–water partition coefficient (Wildman–Crippen LogP) is 2.86. The highest BCUT2D eigenvalue weighted by Crippen LogP contribution is 2.27. The predicted molar refractivity (Wildman–Crippen MR) is 70.2 cm³/mol. The number of benzene rings is 1. The minimum absolute atomic E-state index is 0.270. The summed E-state index contributed by atoms with van der Waals surface area (Å²) in [5, 5.41) is 9.58. The Morgan fingerprint density at radius 1 is 1.33 bits per heavy atom. The van der Waals surface area contributed by atoms with Crippen molar-refractivity contribution in [2.75, 3.05) is 6.26 Å². The summed E-state index contributed by atoms with van der Waals surface area (Å²) in [4.78, 5) is 4.46. The lowest BCUT2D eigenvalue weighted by atomic mass is 10.2. The molecule has 0 fully saturated rings. The first-order valence-corrected chi connectivity index (χ1v) is 6.83. The monoisotopic (exact) mass is 262 g/mol. The molecule has 6 heteroatoms. The van der Waals surface area contributed by atoms with Crippen molar-refractivity contribution in [1.29, 1.82) is 0 Å². The molecule has 18 heavy (non-hydrogen) atoms. The van der Waals surface area contributed by atoms with E-state index in [2.05, 4.69) is 15.2 Å². The first-order valence-electron chi connectivity index (χ1n) is 5.60. The summed E-state index contributed by atoms with van der Waals surface area (Å²) in [7, 11) is 0. The third kappa shape index (κ3) is 1.56. The van der Waals surface area contributed by atoms with Crippen LogP contribution < -0.4 is 0 Å². The molecule has 0 aliphatic heterocycles. The molecule has 0 amide bonds. The number of hydrogen-bond acceptors (Lipinski definition) is 4. The first kappa shape index (κ1) is 11.4. The van der Waals surface area contributed by atoms with Crippen LogP contribution in [-0.2, 0) is 6.54 Å². The summed E-state index contributed by atoms with van der Waals surface area (Å²) in [5.74, 6) is -0.270. The third-order valence-electron chi connectivity index (χ3n) is 2.91. The summed E-state index contributed by atoms with van der Waals surface area (Å²) in [6.07, 6.45) is 1.90. The fraction of sp³-hybridized carbons (Fsp3) is 0.250. The van der Waals surface area contributed by atoms with Gasteiger partial charge in [0.25, 0.3) is 0 Å². The van der Waals surface area contributed by atoms with Crippen molar-refractivity contribution in [3.8, 4) is 0 Å². The minimum atomic E-state index is -0.270. The van der Waals surface area contributed by atoms with Gasteiger partial charge in [-0.1, -0.05) is 11.8 Å². The van der Waals surface area contributed by atoms with Gasteiger partial charge >= 0.3 is 0 Å². The quantitative estimate of drug-likeness (QED) is 0.666. The molecule has 0 aliphatic rings. The number of halogens is 1. The Labute approximate surface area is 107 Å². The Morgan fingerprint density at radius 3 is 2.89 bits per heavy atom. The zero-order chi connectivity index (χ0) is 12.7. The maximum Gasteiger partial charge on any atom is 0.210 e. The van der Waals surface area contributed by atoms with Crippen molar-refractivity contribution in [2.45, 2.75) is 18.6 Å². The Kier molecular flexibility index (Phi) is 2.66. The van der Waals surface area contributed by atoms with E-state index in [0.717, 1.165) is 23.1 Å². The van der Waals surface area contributed by atoms with Crippen LogP contribution in [0.4, 0.5) is 4.39 Å². The smallest absolute Gasteiger partial charge is 0.210 e. The Balaban J connectivity index is 2.48. The van der Waals surface area contributed by atoms with Gasteiger partial charge in [0.15, 0.2) is 5.65 Å². The van der Waals surface area contributed by atoms with Crippen LogP contribution in [0.15, 0.2) is 23.4 Å². The molecule has 4 nitrogen and oxygen atoms in total. The second-order valence-corrected chi connectivity index (χ2v) is 4.65. The van der Waals surface area contributed by atoms with Gasteiger partial charge in [-0.15, -0.1) is 10.2 Å². The number of aryl methyl sites for hydroxylation is 1. The van der Waals surface area contributed by atoms with Gasteiger partial charge in [-0.2, -0.15) is 0 Å². The third-order valence-corrected chi connectivity index (χ3v) is 3.45. The van der Waals surface area contributed by atoms with Crippen molar-refractivity contribution in [1.82, 2.24) is 19.7 Å². The van der Waals surface area contributed by atoms with E-state index in [0.29, 0.717) is 10.7 Å². The van der Waals surface area contributed by atoms with Gasteiger partial charge in [0.1, 0.15) is 11.3 Å². The Hall–Kier alpha value is -1.69. The molecule has 0 saturated heterocycles. The SMILES string of the molecule is CCn1c2ccc(F)cc2c2nnc(SC)nc21. The van der Waals surface area contributed by atoms with Gasteiger partial charge < -0.3 is 4.57 Å². The minimum Gasteiger partial charge on any atom is -0.324 e. The van der Waals surface area contributed by atoms with Crippen LogP contribution in [0.5, 0.6) is 0 Å². The topological polar surface area (TPSA) is 43.6 Å². The van der Waals surface area contributed by atoms with Gasteiger partial charge in [0, 0.05) is 11.9 Å². The maximum atomic E-state index is 13.3. The van der Waals surface area contributed by atoms with E-state index in [1.807, 2.05) is 17.7 Å². The maximum absolute atomic E-state index is 13.3. The van der Waals surface area contributed by atoms with E-state index in [4.69, 9.17) is 0 Å². The van der Waals surface area contributed by atoms with Gasteiger partial charge in [0.05, 0.1) is 5.52 Å². The molecule has 0 radical (unpaired) electrons. The van der Waals surface area contributed by atoms with Crippen LogP contribution in [0.2, 0.25) is 0 Å². The number of aromatic nitrogens is 4. The molecule has 0 atom stereocenters. The Morgan fingerprint density at radius 2 is 2.17 bits per heavy atom. The molecule has 3 rings (SSSR count). The van der Waals surface area contributed by atoms with Crippen molar-refractivity contribution in [3.05, 3.63) is 24.0 Å². The molecule has 0 saturated carbocycles. The molecule has 0 unspecified atom stereocenters. The van der Waals surface area contributed by atoms with Crippen molar-refractivity contribution >= 4 is 33.8 Å². The van der Waals surface area contributed by atoms with Crippen LogP contribution in [0.1, 0.15) is 6.92 Å². The van der Waals surface area contributed by atoms with E-state index in [9.17, 15) is 4.39 Å². The molecule has 3 aromatic rings. The summed E-state index contributed by atoms with van der Waals surface area (Å²) in [6, 6.07) is 4.70. The second kappa shape index (κ2) is 4.20. The van der Waals surface area contributed by atoms with E-state index >= 15 is 0 Å². The fourth-order valence-electron chi connectivity index (χ4n) is 2.12. The van der Waals surface area contributed by atoms with Crippen LogP contribution in [0.3, 0.4) is 0 Å². The average Bonchev–Trinajstić information content (AvgIpc) is 2.70. The molecular weight excluding hydrogens is 251 g/mol. The average molecular weight is 262 g/mol. The first-order chi connectivity index (χ1) is 8.74. The molecule has 0 aliphatic carbocycles. The highest BCUT2D eigenvalue weighted by molar-refractivity contribution is 7.98. The lowest BCUT2D eigenvalue weighted by Crippen LogP contribution is -1.98. The van der Waals surface area contributed by atoms with E-state index in [1.54, 1.807) is 6.07 Å². The van der Waals surface area contributed by atoms with Crippen LogP contribution >= 0.6 is 11.8 Å². The standard InChI is InChI=1S/C12H11FN4S/c1-3-17-9-5-4-7(13)6-8(9)10-11(17)14-12(18-2)16-15-10/h4-6H,3H2,1-2H3. The normalized spacial score (nSPS) is 11.5. The van der Waals surface area contributed by atoms with Gasteiger partial charge in [-0.25, -0.2) is 9.37 Å². The largest absolute Gasteiger partial charge is 0.324 e. The molecule has 2 aromatic heterocycles. The molecular formula is C12H11FN4S. The number of hydrogen-bond donors (Lipinski definition) is 0. The number of fused-ring (bicyclic) bond motifs is 3. The van der Waals surface area contributed by atoms with E-state index in [1.165, 1.54) is 23.9 Å². The van der Waals surface area contributed by atoms with Crippen LogP contribution in [0.25, 0.3) is 22.1 Å². The zero-order valence-electron chi connectivity index (χ0n) is 10.0. The van der Waals surface area contributed by atoms with Crippen molar-refractivity contribution < 1.29 is 4.39 Å². The van der Waals surface area contributed by atoms with Gasteiger partial charge in [0.2, 0.25) is 5.16 Å². The second-order valence-electron chi connectivity index (χ2n) is 3.88.